The number of nitrogens with zero attached hydrogens (tertiary/aromatic N) is 2. The molecule has 0 aliphatic carbocycles. The van der Waals surface area contributed by atoms with E-state index < -0.39 is 0 Å². The Kier molecular flexibility index (Phi) is 4.01. The Morgan fingerprint density at radius 3 is 3.00 bits per heavy atom. The van der Waals surface area contributed by atoms with Crippen molar-refractivity contribution in [3.8, 4) is 0 Å². The van der Waals surface area contributed by atoms with E-state index >= 15 is 0 Å². The molecule has 2 saturated heterocycles. The van der Waals surface area contributed by atoms with Gasteiger partial charge >= 0.3 is 0 Å². The molecule has 2 aliphatic rings. The molecule has 4 heteroatoms. The van der Waals surface area contributed by atoms with Crippen LogP contribution in [0.25, 0.3) is 0 Å². The van der Waals surface area contributed by atoms with Gasteiger partial charge in [0.1, 0.15) is 0 Å². The fraction of sp³-hybridized carbons (Fsp3) is 0.625. The monoisotopic (exact) mass is 273 g/mol. The average Bonchev–Trinajstić information content (AvgIpc) is 3.01. The van der Waals surface area contributed by atoms with Gasteiger partial charge in [0, 0.05) is 31.5 Å². The first-order valence-electron chi connectivity index (χ1n) is 7.68. The normalized spacial score (nSPS) is 26.8. The number of hydrogen-bond acceptors (Lipinski definition) is 3. The fourth-order valence-electron chi connectivity index (χ4n) is 3.49. The lowest BCUT2D eigenvalue weighted by atomic mass is 9.89. The summed E-state index contributed by atoms with van der Waals surface area (Å²) in [7, 11) is 0. The Bertz CT molecular complexity index is 482. The number of hydrogen-bond donors (Lipinski definition) is 1. The first-order valence-corrected chi connectivity index (χ1v) is 7.68. The van der Waals surface area contributed by atoms with E-state index in [0.717, 1.165) is 37.2 Å². The molecule has 2 unspecified atom stereocenters. The number of nitrogens with one attached hydrogen (secondary N) is 1. The number of rotatable bonds is 2. The number of carbonyl (C=O) groups excluding carboxylic acids is 1. The zero-order valence-corrected chi connectivity index (χ0v) is 12.1. The second-order valence-electron chi connectivity index (χ2n) is 6.11. The van der Waals surface area contributed by atoms with Gasteiger partial charge in [0.2, 0.25) is 0 Å². The van der Waals surface area contributed by atoms with Gasteiger partial charge in [-0.25, -0.2) is 0 Å². The van der Waals surface area contributed by atoms with Gasteiger partial charge in [-0.1, -0.05) is 0 Å². The van der Waals surface area contributed by atoms with E-state index in [4.69, 9.17) is 0 Å². The molecule has 3 rings (SSSR count). The van der Waals surface area contributed by atoms with Gasteiger partial charge in [-0.05, 0) is 56.7 Å². The van der Waals surface area contributed by atoms with Crippen molar-refractivity contribution in [3.05, 3.63) is 29.6 Å². The van der Waals surface area contributed by atoms with Gasteiger partial charge in [0.05, 0.1) is 5.56 Å². The van der Waals surface area contributed by atoms with Gasteiger partial charge < -0.3 is 10.2 Å². The van der Waals surface area contributed by atoms with Crippen molar-refractivity contribution in [2.45, 2.75) is 38.6 Å². The third-order valence-corrected chi connectivity index (χ3v) is 4.53. The quantitative estimate of drug-likeness (QED) is 0.896. The van der Waals surface area contributed by atoms with E-state index in [0.29, 0.717) is 12.0 Å². The molecule has 0 aromatic carbocycles. The summed E-state index contributed by atoms with van der Waals surface area (Å²) in [6.45, 7) is 4.89. The van der Waals surface area contributed by atoms with E-state index in [9.17, 15) is 4.79 Å². The van der Waals surface area contributed by atoms with Crippen molar-refractivity contribution in [1.29, 1.82) is 0 Å². The minimum absolute atomic E-state index is 0.142. The molecule has 20 heavy (non-hydrogen) atoms. The third kappa shape index (κ3) is 2.85. The van der Waals surface area contributed by atoms with E-state index in [1.807, 2.05) is 17.9 Å². The summed E-state index contributed by atoms with van der Waals surface area (Å²) in [5.41, 5.74) is 1.77. The standard InChI is InChI=1S/C16H23N3O/c1-12-8-14(10-17-9-12)16(20)19-7-3-4-13(11-19)15-5-2-6-18-15/h8-10,13,15,18H,2-7,11H2,1H3. The van der Waals surface area contributed by atoms with Gasteiger partial charge in [-0.2, -0.15) is 0 Å². The Morgan fingerprint density at radius 1 is 1.35 bits per heavy atom. The lowest BCUT2D eigenvalue weighted by molar-refractivity contribution is 0.0650. The maximum atomic E-state index is 12.6. The maximum Gasteiger partial charge on any atom is 0.255 e. The van der Waals surface area contributed by atoms with E-state index in [1.54, 1.807) is 12.4 Å². The van der Waals surface area contributed by atoms with Crippen molar-refractivity contribution in [1.82, 2.24) is 15.2 Å². The molecule has 0 saturated carbocycles. The summed E-state index contributed by atoms with van der Waals surface area (Å²) < 4.78 is 0. The van der Waals surface area contributed by atoms with Crippen LogP contribution in [0.4, 0.5) is 0 Å². The Hall–Kier alpha value is -1.42. The summed E-state index contributed by atoms with van der Waals surface area (Å²) >= 11 is 0. The third-order valence-electron chi connectivity index (χ3n) is 4.53. The van der Waals surface area contributed by atoms with Crippen molar-refractivity contribution < 1.29 is 4.79 Å². The lowest BCUT2D eigenvalue weighted by Crippen LogP contribution is -2.45. The first-order chi connectivity index (χ1) is 9.74. The number of piperidine rings is 1. The van der Waals surface area contributed by atoms with Gasteiger partial charge in [0.15, 0.2) is 0 Å². The molecule has 1 amide bonds. The summed E-state index contributed by atoms with van der Waals surface area (Å²) in [5, 5.41) is 3.58. The summed E-state index contributed by atoms with van der Waals surface area (Å²) in [5.74, 6) is 0.761. The highest BCUT2D eigenvalue weighted by Crippen LogP contribution is 2.25. The Morgan fingerprint density at radius 2 is 2.25 bits per heavy atom. The molecule has 3 heterocycles. The number of aryl methyl sites for hydroxylation is 1. The molecule has 1 aromatic rings. The van der Waals surface area contributed by atoms with Crippen molar-refractivity contribution in [2.75, 3.05) is 19.6 Å². The van der Waals surface area contributed by atoms with Gasteiger partial charge in [-0.3, -0.25) is 9.78 Å². The summed E-state index contributed by atoms with van der Waals surface area (Å²) in [6.07, 6.45) is 8.38. The highest BCUT2D eigenvalue weighted by Gasteiger charge is 2.31. The lowest BCUT2D eigenvalue weighted by Gasteiger charge is -2.35. The second kappa shape index (κ2) is 5.92. The second-order valence-corrected chi connectivity index (χ2v) is 6.11. The SMILES string of the molecule is Cc1cncc(C(=O)N2CCCC(C3CCCN3)C2)c1. The number of aromatic nitrogens is 1. The minimum atomic E-state index is 0.142. The van der Waals surface area contributed by atoms with Crippen molar-refractivity contribution in [2.24, 2.45) is 5.92 Å². The maximum absolute atomic E-state index is 12.6. The Labute approximate surface area is 120 Å². The highest BCUT2D eigenvalue weighted by molar-refractivity contribution is 5.94. The van der Waals surface area contributed by atoms with Crippen LogP contribution in [0.1, 0.15) is 41.6 Å². The molecular weight excluding hydrogens is 250 g/mol. The zero-order chi connectivity index (χ0) is 13.9. The Balaban J connectivity index is 1.68. The van der Waals surface area contributed by atoms with E-state index in [-0.39, 0.29) is 5.91 Å². The van der Waals surface area contributed by atoms with Crippen molar-refractivity contribution >= 4 is 5.91 Å². The molecule has 0 radical (unpaired) electrons. The molecule has 2 atom stereocenters. The number of pyridine rings is 1. The molecule has 1 aromatic heterocycles. The van der Waals surface area contributed by atoms with Crippen LogP contribution in [0.15, 0.2) is 18.5 Å². The molecule has 108 valence electrons. The van der Waals surface area contributed by atoms with E-state index in [2.05, 4.69) is 10.3 Å². The van der Waals surface area contributed by atoms with Gasteiger partial charge in [-0.15, -0.1) is 0 Å². The van der Waals surface area contributed by atoms with Crippen LogP contribution in [0.3, 0.4) is 0 Å². The molecule has 0 bridgehead atoms. The number of amides is 1. The zero-order valence-electron chi connectivity index (χ0n) is 12.1. The van der Waals surface area contributed by atoms with E-state index in [1.165, 1.54) is 19.3 Å². The highest BCUT2D eigenvalue weighted by atomic mass is 16.2. The fourth-order valence-corrected chi connectivity index (χ4v) is 3.49. The molecule has 0 spiro atoms. The molecular formula is C16H23N3O. The number of likely N-dealkylation sites (tertiary alicyclic amines) is 1. The van der Waals surface area contributed by atoms with Gasteiger partial charge in [0.25, 0.3) is 5.91 Å². The van der Waals surface area contributed by atoms with Crippen LogP contribution < -0.4 is 5.32 Å². The molecule has 4 nitrogen and oxygen atoms in total. The smallest absolute Gasteiger partial charge is 0.255 e. The summed E-state index contributed by atoms with van der Waals surface area (Å²) in [4.78, 5) is 18.7. The van der Waals surface area contributed by atoms with Crippen LogP contribution >= 0.6 is 0 Å². The predicted molar refractivity (Wildman–Crippen MR) is 78.6 cm³/mol. The summed E-state index contributed by atoms with van der Waals surface area (Å²) in [6, 6.07) is 2.55. The molecule has 2 fully saturated rings. The predicted octanol–water partition coefficient (Wildman–Crippen LogP) is 1.99. The van der Waals surface area contributed by atoms with Crippen LogP contribution in [0, 0.1) is 12.8 Å². The van der Waals surface area contributed by atoms with Crippen molar-refractivity contribution in [3.63, 3.8) is 0 Å². The molecule has 2 aliphatic heterocycles. The number of carbonyl (C=O) groups is 1. The van der Waals surface area contributed by atoms with Crippen LogP contribution in [0.5, 0.6) is 0 Å². The van der Waals surface area contributed by atoms with Crippen LogP contribution in [-0.2, 0) is 0 Å². The van der Waals surface area contributed by atoms with Crippen LogP contribution in [0.2, 0.25) is 0 Å². The average molecular weight is 273 g/mol. The minimum Gasteiger partial charge on any atom is -0.338 e. The van der Waals surface area contributed by atoms with Crippen LogP contribution in [-0.4, -0.2) is 41.5 Å². The topological polar surface area (TPSA) is 45.2 Å². The molecule has 1 N–H and O–H groups in total. The first kappa shape index (κ1) is 13.6. The largest absolute Gasteiger partial charge is 0.338 e.